The first-order valence-electron chi connectivity index (χ1n) is 25.2. The van der Waals surface area contributed by atoms with Gasteiger partial charge in [-0.25, -0.2) is 0 Å². The standard InChI is InChI=1S/C70H47NO/c1-69(2)59-31-11-6-23-50(59)53-39-38-48(43-64(53)69)71(47-22-16-21-45(41-47)44-19-4-3-5-20-44)65-40-37-46(49-28-17-30-56-54-26-10-15-36-66(54)72-68(49)56)42-58(65)55-29-18-35-63-67(55)57-27-9-14-34-62(57)70(63)60-32-12-7-24-51(60)52-25-8-13-33-61(52)70/h3-43H,1-2H3. The molecule has 1 heterocycles. The number of para-hydroxylation sites is 2. The summed E-state index contributed by atoms with van der Waals surface area (Å²) in [4.78, 5) is 2.52. The Bertz CT molecular complexity index is 4160. The zero-order valence-corrected chi connectivity index (χ0v) is 40.0. The zero-order chi connectivity index (χ0) is 47.7. The predicted octanol–water partition coefficient (Wildman–Crippen LogP) is 18.7. The third kappa shape index (κ3) is 5.61. The van der Waals surface area contributed by atoms with Gasteiger partial charge in [0.25, 0.3) is 0 Å². The minimum Gasteiger partial charge on any atom is -0.455 e. The second kappa shape index (κ2) is 15.3. The van der Waals surface area contributed by atoms with Gasteiger partial charge in [-0.2, -0.15) is 0 Å². The lowest BCUT2D eigenvalue weighted by atomic mass is 9.70. The molecule has 11 aromatic carbocycles. The molecule has 0 aliphatic heterocycles. The number of anilines is 3. The van der Waals surface area contributed by atoms with E-state index in [0.29, 0.717) is 0 Å². The van der Waals surface area contributed by atoms with Crippen molar-refractivity contribution in [3.05, 3.63) is 282 Å². The largest absolute Gasteiger partial charge is 0.455 e. The lowest BCUT2D eigenvalue weighted by Crippen LogP contribution is -2.25. The van der Waals surface area contributed by atoms with Gasteiger partial charge in [-0.1, -0.05) is 220 Å². The molecule has 0 unspecified atom stereocenters. The van der Waals surface area contributed by atoms with Gasteiger partial charge in [0.1, 0.15) is 11.2 Å². The van der Waals surface area contributed by atoms with Gasteiger partial charge in [0.05, 0.1) is 11.1 Å². The van der Waals surface area contributed by atoms with Crippen molar-refractivity contribution in [3.63, 3.8) is 0 Å². The Morgan fingerprint density at radius 3 is 1.64 bits per heavy atom. The Morgan fingerprint density at radius 1 is 0.319 bits per heavy atom. The van der Waals surface area contributed by atoms with Crippen molar-refractivity contribution in [2.75, 3.05) is 4.90 Å². The summed E-state index contributed by atoms with van der Waals surface area (Å²) in [6, 6.07) is 92.4. The van der Waals surface area contributed by atoms with E-state index >= 15 is 0 Å². The van der Waals surface area contributed by atoms with E-state index < -0.39 is 5.41 Å². The second-order valence-corrected chi connectivity index (χ2v) is 20.3. The number of fused-ring (bicyclic) bond motifs is 16. The smallest absolute Gasteiger partial charge is 0.143 e. The maximum Gasteiger partial charge on any atom is 0.143 e. The van der Waals surface area contributed by atoms with E-state index in [2.05, 4.69) is 267 Å². The lowest BCUT2D eigenvalue weighted by Gasteiger charge is -2.31. The molecule has 0 N–H and O–H groups in total. The quantitative estimate of drug-likeness (QED) is 0.165. The first-order valence-corrected chi connectivity index (χ1v) is 25.2. The summed E-state index contributed by atoms with van der Waals surface area (Å²) in [6.45, 7) is 4.75. The van der Waals surface area contributed by atoms with Gasteiger partial charge in [-0.15, -0.1) is 0 Å². The summed E-state index contributed by atoms with van der Waals surface area (Å²) in [7, 11) is 0. The topological polar surface area (TPSA) is 16.4 Å². The zero-order valence-electron chi connectivity index (χ0n) is 40.0. The molecular formula is C70H47NO. The molecule has 0 amide bonds. The molecule has 0 saturated heterocycles. The fraction of sp³-hybridized carbons (Fsp3) is 0.0571. The maximum atomic E-state index is 6.78. The van der Waals surface area contributed by atoms with E-state index in [9.17, 15) is 0 Å². The third-order valence-electron chi connectivity index (χ3n) is 16.3. The summed E-state index contributed by atoms with van der Waals surface area (Å²) in [6.07, 6.45) is 0. The molecule has 12 aromatic rings. The Balaban J connectivity index is 1.04. The Kier molecular flexibility index (Phi) is 8.66. The van der Waals surface area contributed by atoms with Gasteiger partial charge in [0.2, 0.25) is 0 Å². The molecule has 338 valence electrons. The van der Waals surface area contributed by atoms with E-state index in [4.69, 9.17) is 4.42 Å². The fourth-order valence-electron chi connectivity index (χ4n) is 13.2. The molecule has 3 aliphatic carbocycles. The fourth-order valence-corrected chi connectivity index (χ4v) is 13.2. The molecule has 72 heavy (non-hydrogen) atoms. The molecule has 0 bridgehead atoms. The Labute approximate surface area is 419 Å². The van der Waals surface area contributed by atoms with E-state index in [1.807, 2.05) is 0 Å². The first-order chi connectivity index (χ1) is 35.5. The molecule has 0 saturated carbocycles. The van der Waals surface area contributed by atoms with Crippen LogP contribution in [0.15, 0.2) is 253 Å². The average molecular weight is 918 g/mol. The van der Waals surface area contributed by atoms with Crippen molar-refractivity contribution >= 4 is 39.0 Å². The number of rotatable bonds is 6. The molecule has 0 fully saturated rings. The van der Waals surface area contributed by atoms with Crippen molar-refractivity contribution in [2.45, 2.75) is 24.7 Å². The molecule has 0 radical (unpaired) electrons. The van der Waals surface area contributed by atoms with Gasteiger partial charge in [0.15, 0.2) is 0 Å². The number of hydrogen-bond acceptors (Lipinski definition) is 2. The molecule has 15 rings (SSSR count). The molecule has 3 aliphatic rings. The summed E-state index contributed by atoms with van der Waals surface area (Å²) in [5.74, 6) is 0. The van der Waals surface area contributed by atoms with E-state index in [1.54, 1.807) is 0 Å². The van der Waals surface area contributed by atoms with Crippen molar-refractivity contribution in [1.29, 1.82) is 0 Å². The highest BCUT2D eigenvalue weighted by Gasteiger charge is 2.52. The predicted molar refractivity (Wildman–Crippen MR) is 299 cm³/mol. The van der Waals surface area contributed by atoms with Gasteiger partial charge >= 0.3 is 0 Å². The SMILES string of the molecule is CC1(C)c2ccccc2-c2ccc(N(c3cccc(-c4ccccc4)c3)c3ccc(-c4cccc5c4oc4ccccc45)cc3-c3cccc4c3-c3ccccc3C43c4ccccc4-c4ccccc43)cc21. The highest BCUT2D eigenvalue weighted by Crippen LogP contribution is 2.64. The van der Waals surface area contributed by atoms with Crippen LogP contribution in [0.3, 0.4) is 0 Å². The first kappa shape index (κ1) is 40.9. The molecular weight excluding hydrogens is 871 g/mol. The number of nitrogens with zero attached hydrogens (tertiary/aromatic N) is 1. The van der Waals surface area contributed by atoms with Gasteiger partial charge in [-0.05, 0) is 131 Å². The minimum atomic E-state index is -0.489. The van der Waals surface area contributed by atoms with Crippen molar-refractivity contribution in [2.24, 2.45) is 0 Å². The van der Waals surface area contributed by atoms with E-state index in [0.717, 1.165) is 61.3 Å². The molecule has 1 spiro atoms. The van der Waals surface area contributed by atoms with Crippen LogP contribution in [0.2, 0.25) is 0 Å². The summed E-state index contributed by atoms with van der Waals surface area (Å²) in [5.41, 5.74) is 26.9. The average Bonchev–Trinajstić information content (AvgIpc) is 4.14. The van der Waals surface area contributed by atoms with Crippen LogP contribution in [-0.2, 0) is 10.8 Å². The Hall–Kier alpha value is -8.98. The van der Waals surface area contributed by atoms with Crippen LogP contribution < -0.4 is 4.90 Å². The summed E-state index contributed by atoms with van der Waals surface area (Å²) >= 11 is 0. The summed E-state index contributed by atoms with van der Waals surface area (Å²) in [5, 5.41) is 2.24. The minimum absolute atomic E-state index is 0.191. The van der Waals surface area contributed by atoms with Crippen LogP contribution in [0.4, 0.5) is 17.1 Å². The van der Waals surface area contributed by atoms with E-state index in [1.165, 1.54) is 77.9 Å². The van der Waals surface area contributed by atoms with Crippen LogP contribution >= 0.6 is 0 Å². The van der Waals surface area contributed by atoms with Gasteiger partial charge < -0.3 is 9.32 Å². The highest BCUT2D eigenvalue weighted by molar-refractivity contribution is 6.10. The van der Waals surface area contributed by atoms with E-state index in [-0.39, 0.29) is 5.41 Å². The van der Waals surface area contributed by atoms with Crippen LogP contribution in [0.5, 0.6) is 0 Å². The molecule has 0 atom stereocenters. The normalized spacial score (nSPS) is 13.9. The number of hydrogen-bond donors (Lipinski definition) is 0. The lowest BCUT2D eigenvalue weighted by molar-refractivity contribution is 0.660. The molecule has 2 heteroatoms. The number of furan rings is 1. The Morgan fingerprint density at radius 2 is 0.861 bits per heavy atom. The van der Waals surface area contributed by atoms with Crippen molar-refractivity contribution < 1.29 is 4.42 Å². The highest BCUT2D eigenvalue weighted by atomic mass is 16.3. The van der Waals surface area contributed by atoms with Gasteiger partial charge in [0, 0.05) is 38.7 Å². The monoisotopic (exact) mass is 917 g/mol. The third-order valence-corrected chi connectivity index (χ3v) is 16.3. The number of benzene rings is 11. The van der Waals surface area contributed by atoms with Gasteiger partial charge in [-0.3, -0.25) is 0 Å². The molecule has 2 nitrogen and oxygen atoms in total. The van der Waals surface area contributed by atoms with Crippen LogP contribution in [0, 0.1) is 0 Å². The van der Waals surface area contributed by atoms with Crippen LogP contribution in [0.1, 0.15) is 47.2 Å². The molecule has 1 aromatic heterocycles. The summed E-state index contributed by atoms with van der Waals surface area (Å²) < 4.78 is 6.78. The van der Waals surface area contributed by atoms with Crippen molar-refractivity contribution in [1.82, 2.24) is 0 Å². The van der Waals surface area contributed by atoms with Crippen LogP contribution in [-0.4, -0.2) is 0 Å². The van der Waals surface area contributed by atoms with Crippen molar-refractivity contribution in [3.8, 4) is 66.8 Å². The maximum absolute atomic E-state index is 6.78. The van der Waals surface area contributed by atoms with Crippen LogP contribution in [0.25, 0.3) is 88.7 Å². The second-order valence-electron chi connectivity index (χ2n) is 20.3.